The molecular formula is C28H37N5O3Si. The quantitative estimate of drug-likeness (QED) is 0.239. The first-order valence-corrected chi connectivity index (χ1v) is 14.5. The van der Waals surface area contributed by atoms with Crippen LogP contribution in [-0.4, -0.2) is 55.2 Å². The van der Waals surface area contributed by atoms with Gasteiger partial charge in [-0.25, -0.2) is 4.98 Å². The average molecular weight is 530 g/mol. The van der Waals surface area contributed by atoms with Crippen molar-refractivity contribution >= 4 is 30.7 Å². The molecule has 4 rings (SSSR count). The van der Waals surface area contributed by atoms with E-state index >= 15 is 0 Å². The fourth-order valence-electron chi connectivity index (χ4n) is 3.26. The first kappa shape index (κ1) is 16.4. The minimum absolute atomic E-state index is 0.0636. The zero-order valence-corrected chi connectivity index (χ0v) is 22.7. The zero-order chi connectivity index (χ0) is 35.4. The summed E-state index contributed by atoms with van der Waals surface area (Å²) in [7, 11) is -7.10. The maximum absolute atomic E-state index is 9.30. The molecule has 0 unspecified atom stereocenters. The van der Waals surface area contributed by atoms with Crippen LogP contribution < -0.4 is 14.4 Å². The van der Waals surface area contributed by atoms with Gasteiger partial charge in [0.05, 0.1) is 63.5 Å². The lowest BCUT2D eigenvalue weighted by Gasteiger charge is -2.37. The second-order valence-corrected chi connectivity index (χ2v) is 14.8. The lowest BCUT2D eigenvalue weighted by atomic mass is 10.2. The van der Waals surface area contributed by atoms with Gasteiger partial charge in [0.1, 0.15) is 11.5 Å². The minimum atomic E-state index is -3.01. The molecule has 0 aliphatic carbocycles. The van der Waals surface area contributed by atoms with Gasteiger partial charge < -0.3 is 18.8 Å². The van der Waals surface area contributed by atoms with Gasteiger partial charge in [0, 0.05) is 54.9 Å². The number of hydrogen-bond donors (Lipinski definition) is 0. The van der Waals surface area contributed by atoms with E-state index in [0.717, 1.165) is 23.1 Å². The van der Waals surface area contributed by atoms with E-state index in [0.29, 0.717) is 22.3 Å². The highest BCUT2D eigenvalue weighted by atomic mass is 28.4. The molecule has 0 radical (unpaired) electrons. The molecule has 0 fully saturated rings. The Hall–Kier alpha value is -3.43. The molecule has 0 saturated heterocycles. The molecule has 0 saturated carbocycles. The van der Waals surface area contributed by atoms with E-state index < -0.39 is 40.5 Å². The van der Waals surface area contributed by atoms with Gasteiger partial charge in [0.15, 0.2) is 8.32 Å². The third-order valence-electron chi connectivity index (χ3n) is 6.41. The number of methoxy groups -OCH3 is 2. The maximum atomic E-state index is 9.30. The number of anilines is 2. The molecule has 0 spiro atoms. The van der Waals surface area contributed by atoms with Crippen molar-refractivity contribution in [2.24, 2.45) is 7.05 Å². The van der Waals surface area contributed by atoms with Gasteiger partial charge in [0.2, 0.25) is 0 Å². The number of ether oxygens (including phenoxy) is 2. The molecule has 2 aromatic carbocycles. The monoisotopic (exact) mass is 529 g/mol. The number of benzene rings is 2. The van der Waals surface area contributed by atoms with E-state index in [1.165, 1.54) is 12.1 Å². The van der Waals surface area contributed by atoms with Crippen LogP contribution in [0.15, 0.2) is 55.0 Å². The Bertz CT molecular complexity index is 1720. The molecule has 9 heteroatoms. The summed E-state index contributed by atoms with van der Waals surface area (Å²) in [5, 5.41) is 3.68. The maximum Gasteiger partial charge on any atom is 0.192 e. The smallest absolute Gasteiger partial charge is 0.192 e. The highest BCUT2D eigenvalue weighted by Gasteiger charge is 2.37. The van der Waals surface area contributed by atoms with E-state index in [9.17, 15) is 2.74 Å². The summed E-state index contributed by atoms with van der Waals surface area (Å²) in [4.78, 5) is 10.1. The number of rotatable bonds is 9. The minimum Gasteiger partial charge on any atom is -0.497 e. The van der Waals surface area contributed by atoms with Gasteiger partial charge in [-0.3, -0.25) is 9.67 Å². The topological polar surface area (TPSA) is 74.5 Å². The number of hydrogen-bond acceptors (Lipinski definition) is 7. The van der Waals surface area contributed by atoms with Crippen LogP contribution in [0.2, 0.25) is 18.1 Å². The van der Waals surface area contributed by atoms with Gasteiger partial charge in [-0.15, -0.1) is 0 Å². The molecule has 0 aliphatic rings. The van der Waals surface area contributed by atoms with Crippen LogP contribution in [0, 0.1) is 0 Å². The molecule has 8 nitrogen and oxygen atoms in total. The lowest BCUT2D eigenvalue weighted by molar-refractivity contribution is 0.297. The number of nitrogens with zero attached hydrogens (tertiary/aromatic N) is 5. The van der Waals surface area contributed by atoms with Gasteiger partial charge in [-0.05, 0) is 36.3 Å². The van der Waals surface area contributed by atoms with Crippen LogP contribution in [0.25, 0.3) is 22.3 Å². The summed E-state index contributed by atoms with van der Waals surface area (Å²) in [5.41, 5.74) is 1.82. The Morgan fingerprint density at radius 2 is 1.73 bits per heavy atom. The summed E-state index contributed by atoms with van der Waals surface area (Å²) in [6, 6.07) is 7.90. The van der Waals surface area contributed by atoms with Crippen molar-refractivity contribution in [3.8, 4) is 22.8 Å². The number of aryl methyl sites for hydroxylation is 1. The molecule has 0 N–H and O–H groups in total. The van der Waals surface area contributed by atoms with E-state index in [2.05, 4.69) is 15.1 Å². The second kappa shape index (κ2) is 10.5. The molecular weight excluding hydrogens is 482 g/mol. The predicted molar refractivity (Wildman–Crippen MR) is 151 cm³/mol. The zero-order valence-electron chi connectivity index (χ0n) is 31.7. The first-order valence-electron chi connectivity index (χ1n) is 16.6. The molecule has 0 aliphatic heterocycles. The van der Waals surface area contributed by atoms with Gasteiger partial charge in [0.25, 0.3) is 0 Å². The number of fused-ring (bicyclic) bond motifs is 1. The molecule has 2 heterocycles. The van der Waals surface area contributed by atoms with Gasteiger partial charge in [-0.2, -0.15) is 5.10 Å². The fraction of sp³-hybridized carbons (Fsp3) is 0.393. The van der Waals surface area contributed by atoms with Gasteiger partial charge >= 0.3 is 0 Å². The van der Waals surface area contributed by atoms with E-state index in [1.54, 1.807) is 49.5 Å². The van der Waals surface area contributed by atoms with Crippen LogP contribution in [0.5, 0.6) is 11.5 Å². The Morgan fingerprint density at radius 1 is 1.00 bits per heavy atom. The van der Waals surface area contributed by atoms with Crippen molar-refractivity contribution in [1.29, 1.82) is 0 Å². The molecule has 0 bridgehead atoms. The Labute approximate surface area is 234 Å². The fourth-order valence-corrected chi connectivity index (χ4v) is 3.87. The average Bonchev–Trinajstić information content (AvgIpc) is 3.31. The Balaban J connectivity index is 1.98. The molecule has 4 aromatic rings. The van der Waals surface area contributed by atoms with Crippen molar-refractivity contribution in [2.45, 2.75) is 38.9 Å². The molecule has 37 heavy (non-hydrogen) atoms. The molecule has 0 amide bonds. The molecule has 0 atom stereocenters. The Morgan fingerprint density at radius 3 is 2.35 bits per heavy atom. The highest BCUT2D eigenvalue weighted by molar-refractivity contribution is 6.74. The summed E-state index contributed by atoms with van der Waals surface area (Å²) in [6.07, 6.45) is 4.93. The van der Waals surface area contributed by atoms with E-state index in [-0.39, 0.29) is 22.9 Å². The summed E-state index contributed by atoms with van der Waals surface area (Å²) < 4.78 is 100.0. The highest BCUT2D eigenvalue weighted by Crippen LogP contribution is 2.37. The van der Waals surface area contributed by atoms with Gasteiger partial charge in [-0.1, -0.05) is 20.8 Å². The lowest BCUT2D eigenvalue weighted by Crippen LogP contribution is -2.42. The summed E-state index contributed by atoms with van der Waals surface area (Å²) >= 11 is 0. The van der Waals surface area contributed by atoms with Crippen LogP contribution in [-0.2, 0) is 11.5 Å². The van der Waals surface area contributed by atoms with Crippen molar-refractivity contribution in [2.75, 3.05) is 32.0 Å². The van der Waals surface area contributed by atoms with E-state index in [4.69, 9.17) is 24.9 Å². The van der Waals surface area contributed by atoms with Crippen molar-refractivity contribution in [1.82, 2.24) is 19.7 Å². The number of aromatic nitrogens is 4. The normalized spacial score (nSPS) is 17.6. The van der Waals surface area contributed by atoms with Crippen LogP contribution in [0.1, 0.15) is 34.5 Å². The van der Waals surface area contributed by atoms with Crippen LogP contribution in [0.3, 0.4) is 0 Å². The standard InChI is InChI=1S/C28H37N5O3Si/c1-28(2,3)37(7,8)36-12-11-33(22-13-23(34-5)16-24(14-22)35-6)21-9-10-25-26(15-21)31-27(18-29-25)20-17-30-32(4)19-20/h9-10,13-19H,11-12H2,1-8H3/i5D3,6D3,11D2,12D2. The van der Waals surface area contributed by atoms with Crippen LogP contribution >= 0.6 is 0 Å². The van der Waals surface area contributed by atoms with Crippen molar-refractivity contribution in [3.05, 3.63) is 55.0 Å². The first-order chi connectivity index (χ1) is 21.3. The Kier molecular flexibility index (Phi) is 4.66. The second-order valence-electron chi connectivity index (χ2n) is 10.1. The largest absolute Gasteiger partial charge is 0.497 e. The van der Waals surface area contributed by atoms with Crippen LogP contribution in [0.4, 0.5) is 11.4 Å². The van der Waals surface area contributed by atoms with Crippen molar-refractivity contribution < 1.29 is 27.6 Å². The third-order valence-corrected chi connectivity index (χ3v) is 10.6. The molecule has 196 valence electrons. The predicted octanol–water partition coefficient (Wildman–Crippen LogP) is 6.21. The summed E-state index contributed by atoms with van der Waals surface area (Å²) in [5.74, 6) is -0.735. The SMILES string of the molecule is [2H]C([2H])([2H])Oc1cc(OC([2H])([2H])[2H])cc(N(c2ccc3ncc(-c4cnn(C)c4)nc3c2)C([2H])([2H])C([2H])([2H])O[Si](C)(C)C(C)(C)C)c1. The van der Waals surface area contributed by atoms with E-state index in [1.807, 2.05) is 20.8 Å². The van der Waals surface area contributed by atoms with Crippen molar-refractivity contribution in [3.63, 3.8) is 0 Å². The summed E-state index contributed by atoms with van der Waals surface area (Å²) in [6.45, 7) is 3.24. The third kappa shape index (κ3) is 5.94. The molecule has 2 aromatic heterocycles.